The van der Waals surface area contributed by atoms with Crippen LogP contribution in [0.2, 0.25) is 0 Å². The van der Waals surface area contributed by atoms with E-state index in [1.807, 2.05) is 18.2 Å². The molecule has 4 nitrogen and oxygen atoms in total. The topological polar surface area (TPSA) is 51.4 Å². The number of hydrogen-bond acceptors (Lipinski definition) is 4. The number of benzene rings is 1. The molecule has 1 heterocycles. The van der Waals surface area contributed by atoms with Crippen LogP contribution < -0.4 is 15.4 Å². The van der Waals surface area contributed by atoms with Crippen LogP contribution in [0.15, 0.2) is 48.7 Å². The predicted octanol–water partition coefficient (Wildman–Crippen LogP) is 2.45. The first-order valence-electron chi connectivity index (χ1n) is 6.82. The van der Waals surface area contributed by atoms with Crippen LogP contribution in [-0.4, -0.2) is 25.2 Å². The van der Waals surface area contributed by atoms with E-state index in [2.05, 4.69) is 34.1 Å². The largest absolute Gasteiger partial charge is 0.481 e. The van der Waals surface area contributed by atoms with Crippen molar-refractivity contribution in [1.29, 1.82) is 0 Å². The summed E-state index contributed by atoms with van der Waals surface area (Å²) >= 11 is 0. The lowest BCUT2D eigenvalue weighted by Crippen LogP contribution is -2.25. The van der Waals surface area contributed by atoms with Crippen LogP contribution in [0.25, 0.3) is 0 Å². The fraction of sp³-hybridized carbons (Fsp3) is 0.312. The number of pyridine rings is 1. The molecule has 4 heteroatoms. The van der Waals surface area contributed by atoms with Crippen LogP contribution in [-0.2, 0) is 6.54 Å². The summed E-state index contributed by atoms with van der Waals surface area (Å²) < 4.78 is 5.20. The zero-order chi connectivity index (χ0) is 14.2. The molecule has 0 amide bonds. The second-order valence-electron chi connectivity index (χ2n) is 4.61. The number of nitrogens with zero attached hydrogens (tertiary/aromatic N) is 2. The average molecular weight is 271 g/mol. The third-order valence-corrected chi connectivity index (χ3v) is 3.14. The highest BCUT2D eigenvalue weighted by atomic mass is 16.5. The molecule has 0 saturated heterocycles. The van der Waals surface area contributed by atoms with Crippen molar-refractivity contribution in [3.05, 3.63) is 54.2 Å². The molecule has 0 radical (unpaired) electrons. The third kappa shape index (κ3) is 3.96. The minimum atomic E-state index is 0.633. The van der Waals surface area contributed by atoms with Gasteiger partial charge in [0.15, 0.2) is 0 Å². The molecule has 0 unspecified atom stereocenters. The lowest BCUT2D eigenvalue weighted by Gasteiger charge is -2.25. The molecule has 0 fully saturated rings. The average Bonchev–Trinajstić information content (AvgIpc) is 2.52. The van der Waals surface area contributed by atoms with Gasteiger partial charge >= 0.3 is 0 Å². The van der Waals surface area contributed by atoms with E-state index in [1.54, 1.807) is 13.3 Å². The van der Waals surface area contributed by atoms with Crippen molar-refractivity contribution in [2.45, 2.75) is 13.0 Å². The lowest BCUT2D eigenvalue weighted by atomic mass is 10.2. The lowest BCUT2D eigenvalue weighted by molar-refractivity contribution is 0.398. The second-order valence-corrected chi connectivity index (χ2v) is 4.61. The molecular formula is C16H21N3O. The SMILES string of the molecule is COc1cc(N(CCCN)Cc2ccccc2)ccn1. The van der Waals surface area contributed by atoms with Gasteiger partial charge in [0.05, 0.1) is 7.11 Å². The number of rotatable bonds is 7. The summed E-state index contributed by atoms with van der Waals surface area (Å²) in [7, 11) is 1.63. The van der Waals surface area contributed by atoms with Gasteiger partial charge in [0.25, 0.3) is 0 Å². The van der Waals surface area contributed by atoms with Crippen LogP contribution in [0, 0.1) is 0 Å². The van der Waals surface area contributed by atoms with Gasteiger partial charge in [0.1, 0.15) is 0 Å². The zero-order valence-corrected chi connectivity index (χ0v) is 11.8. The maximum Gasteiger partial charge on any atom is 0.214 e. The minimum Gasteiger partial charge on any atom is -0.481 e. The first-order chi connectivity index (χ1) is 9.83. The fourth-order valence-electron chi connectivity index (χ4n) is 2.09. The Hall–Kier alpha value is -2.07. The minimum absolute atomic E-state index is 0.633. The van der Waals surface area contributed by atoms with Crippen LogP contribution in [0.3, 0.4) is 0 Å². The van der Waals surface area contributed by atoms with E-state index in [9.17, 15) is 0 Å². The van der Waals surface area contributed by atoms with Crippen LogP contribution in [0.5, 0.6) is 5.88 Å². The molecule has 106 valence electrons. The van der Waals surface area contributed by atoms with E-state index in [0.29, 0.717) is 12.4 Å². The van der Waals surface area contributed by atoms with Gasteiger partial charge in [-0.2, -0.15) is 0 Å². The molecule has 2 aromatic rings. The zero-order valence-electron chi connectivity index (χ0n) is 11.8. The summed E-state index contributed by atoms with van der Waals surface area (Å²) in [6, 6.07) is 14.4. The molecule has 0 aliphatic carbocycles. The summed E-state index contributed by atoms with van der Waals surface area (Å²) in [6.45, 7) is 2.46. The van der Waals surface area contributed by atoms with E-state index in [-0.39, 0.29) is 0 Å². The summed E-state index contributed by atoms with van der Waals surface area (Å²) in [5.41, 5.74) is 8.02. The van der Waals surface area contributed by atoms with Crippen molar-refractivity contribution < 1.29 is 4.74 Å². The molecule has 0 aliphatic rings. The van der Waals surface area contributed by atoms with Gasteiger partial charge in [0.2, 0.25) is 5.88 Å². The number of hydrogen-bond donors (Lipinski definition) is 1. The normalized spacial score (nSPS) is 10.3. The number of aromatic nitrogens is 1. The molecule has 0 bridgehead atoms. The van der Waals surface area contributed by atoms with Crippen molar-refractivity contribution in [3.8, 4) is 5.88 Å². The summed E-state index contributed by atoms with van der Waals surface area (Å²) in [5, 5.41) is 0. The highest BCUT2D eigenvalue weighted by Crippen LogP contribution is 2.20. The quantitative estimate of drug-likeness (QED) is 0.840. The van der Waals surface area contributed by atoms with Crippen molar-refractivity contribution >= 4 is 5.69 Å². The van der Waals surface area contributed by atoms with E-state index < -0.39 is 0 Å². The third-order valence-electron chi connectivity index (χ3n) is 3.14. The highest BCUT2D eigenvalue weighted by Gasteiger charge is 2.08. The molecule has 1 aromatic carbocycles. The predicted molar refractivity (Wildman–Crippen MR) is 82.0 cm³/mol. The Morgan fingerprint density at radius 2 is 2.00 bits per heavy atom. The highest BCUT2D eigenvalue weighted by molar-refractivity contribution is 5.48. The van der Waals surface area contributed by atoms with Gasteiger partial charge in [0, 0.05) is 31.0 Å². The van der Waals surface area contributed by atoms with Crippen molar-refractivity contribution in [2.24, 2.45) is 5.73 Å². The standard InChI is InChI=1S/C16H21N3O/c1-20-16-12-15(8-10-18-16)19(11-5-9-17)13-14-6-3-2-4-7-14/h2-4,6-8,10,12H,5,9,11,13,17H2,1H3. The smallest absolute Gasteiger partial charge is 0.214 e. The van der Waals surface area contributed by atoms with Crippen molar-refractivity contribution in [3.63, 3.8) is 0 Å². The molecule has 0 saturated carbocycles. The van der Waals surface area contributed by atoms with Crippen molar-refractivity contribution in [1.82, 2.24) is 4.98 Å². The molecule has 1 aromatic heterocycles. The molecule has 2 N–H and O–H groups in total. The monoisotopic (exact) mass is 271 g/mol. The first kappa shape index (κ1) is 14.3. The maximum absolute atomic E-state index is 5.64. The number of anilines is 1. The van der Waals surface area contributed by atoms with Crippen molar-refractivity contribution in [2.75, 3.05) is 25.1 Å². The molecule has 0 atom stereocenters. The Morgan fingerprint density at radius 1 is 1.20 bits per heavy atom. The Kier molecular flexibility index (Phi) is 5.38. The number of ether oxygens (including phenoxy) is 1. The van der Waals surface area contributed by atoms with Crippen LogP contribution in [0.4, 0.5) is 5.69 Å². The van der Waals surface area contributed by atoms with E-state index in [1.165, 1.54) is 5.56 Å². The van der Waals surface area contributed by atoms with Gasteiger partial charge in [-0.3, -0.25) is 0 Å². The first-order valence-corrected chi connectivity index (χ1v) is 6.82. The Morgan fingerprint density at radius 3 is 2.70 bits per heavy atom. The number of nitrogens with two attached hydrogens (primary N) is 1. The molecule has 0 aliphatic heterocycles. The van der Waals surface area contributed by atoms with Gasteiger partial charge in [-0.1, -0.05) is 30.3 Å². The van der Waals surface area contributed by atoms with Crippen LogP contribution >= 0.6 is 0 Å². The summed E-state index contributed by atoms with van der Waals surface area (Å²) in [4.78, 5) is 6.45. The molecule has 20 heavy (non-hydrogen) atoms. The Labute approximate surface area is 120 Å². The second kappa shape index (κ2) is 7.50. The number of methoxy groups -OCH3 is 1. The van der Waals surface area contributed by atoms with E-state index in [4.69, 9.17) is 10.5 Å². The Bertz CT molecular complexity index is 516. The molecular weight excluding hydrogens is 250 g/mol. The van der Waals surface area contributed by atoms with Gasteiger partial charge in [-0.15, -0.1) is 0 Å². The maximum atomic E-state index is 5.64. The van der Waals surface area contributed by atoms with E-state index in [0.717, 1.165) is 25.2 Å². The van der Waals surface area contributed by atoms with Crippen LogP contribution in [0.1, 0.15) is 12.0 Å². The van der Waals surface area contributed by atoms with Gasteiger partial charge in [-0.25, -0.2) is 4.98 Å². The van der Waals surface area contributed by atoms with Gasteiger partial charge < -0.3 is 15.4 Å². The fourth-order valence-corrected chi connectivity index (χ4v) is 2.09. The van der Waals surface area contributed by atoms with E-state index >= 15 is 0 Å². The molecule has 2 rings (SSSR count). The van der Waals surface area contributed by atoms with Gasteiger partial charge in [-0.05, 0) is 24.6 Å². The molecule has 0 spiro atoms. The Balaban J connectivity index is 2.17. The summed E-state index contributed by atoms with van der Waals surface area (Å²) in [5.74, 6) is 0.633. The summed E-state index contributed by atoms with van der Waals surface area (Å²) in [6.07, 6.45) is 2.73.